The summed E-state index contributed by atoms with van der Waals surface area (Å²) in [5, 5.41) is 14.9. The van der Waals surface area contributed by atoms with Crippen LogP contribution in [0.25, 0.3) is 33.4 Å². The van der Waals surface area contributed by atoms with E-state index in [4.69, 9.17) is 17.0 Å². The van der Waals surface area contributed by atoms with Crippen LogP contribution in [-0.2, 0) is 11.3 Å². The number of thiazole rings is 1. The van der Waals surface area contributed by atoms with Crippen LogP contribution in [0, 0.1) is 4.77 Å². The van der Waals surface area contributed by atoms with Crippen LogP contribution in [0.3, 0.4) is 0 Å². The van der Waals surface area contributed by atoms with Gasteiger partial charge in [0.2, 0.25) is 5.91 Å². The number of hydrogen-bond donors (Lipinski definition) is 2. The summed E-state index contributed by atoms with van der Waals surface area (Å²) in [4.78, 5) is 17.2. The second-order valence-corrected chi connectivity index (χ2v) is 8.88. The van der Waals surface area contributed by atoms with Crippen LogP contribution in [0.4, 0.5) is 5.13 Å². The summed E-state index contributed by atoms with van der Waals surface area (Å²) in [6.07, 6.45) is 0.238. The van der Waals surface area contributed by atoms with Crippen LogP contribution in [-0.4, -0.2) is 32.8 Å². The maximum absolute atomic E-state index is 12.6. The number of nitrogens with one attached hydrogen (secondary N) is 2. The molecule has 0 aliphatic heterocycles. The van der Waals surface area contributed by atoms with E-state index in [9.17, 15) is 4.79 Å². The molecule has 5 aromatic rings. The zero-order valence-electron chi connectivity index (χ0n) is 18.3. The van der Waals surface area contributed by atoms with Crippen molar-refractivity contribution in [2.75, 3.05) is 12.4 Å². The van der Waals surface area contributed by atoms with Gasteiger partial charge in [-0.05, 0) is 53.3 Å². The largest absolute Gasteiger partial charge is 0.497 e. The van der Waals surface area contributed by atoms with Crippen LogP contribution in [0.2, 0.25) is 0 Å². The first-order valence-corrected chi connectivity index (χ1v) is 11.9. The maximum atomic E-state index is 12.6. The first kappa shape index (κ1) is 22.0. The average Bonchev–Trinajstić information content (AvgIpc) is 3.49. The Hall–Kier alpha value is -3.82. The summed E-state index contributed by atoms with van der Waals surface area (Å²) >= 11 is 6.78. The predicted molar refractivity (Wildman–Crippen MR) is 138 cm³/mol. The van der Waals surface area contributed by atoms with Crippen LogP contribution in [0.1, 0.15) is 6.42 Å². The molecule has 0 spiro atoms. The zero-order valence-corrected chi connectivity index (χ0v) is 20.0. The van der Waals surface area contributed by atoms with Crippen molar-refractivity contribution in [3.8, 4) is 28.4 Å². The van der Waals surface area contributed by atoms with Gasteiger partial charge in [-0.3, -0.25) is 14.5 Å². The number of anilines is 1. The van der Waals surface area contributed by atoms with Gasteiger partial charge in [0, 0.05) is 29.5 Å². The molecule has 0 atom stereocenters. The summed E-state index contributed by atoms with van der Waals surface area (Å²) in [5.74, 6) is 1.30. The first-order valence-electron chi connectivity index (χ1n) is 10.6. The lowest BCUT2D eigenvalue weighted by atomic mass is 10.1. The number of hydrogen-bond acceptors (Lipinski definition) is 6. The van der Waals surface area contributed by atoms with Gasteiger partial charge in [-0.25, -0.2) is 4.98 Å². The van der Waals surface area contributed by atoms with Gasteiger partial charge < -0.3 is 10.1 Å². The summed E-state index contributed by atoms with van der Waals surface area (Å²) in [7, 11) is 1.62. The highest BCUT2D eigenvalue weighted by Crippen LogP contribution is 2.28. The number of rotatable bonds is 7. The van der Waals surface area contributed by atoms with E-state index in [-0.39, 0.29) is 12.3 Å². The molecule has 34 heavy (non-hydrogen) atoms. The number of aromatic amines is 1. The Morgan fingerprint density at radius 3 is 2.65 bits per heavy atom. The van der Waals surface area contributed by atoms with Crippen molar-refractivity contribution in [1.29, 1.82) is 0 Å². The van der Waals surface area contributed by atoms with Gasteiger partial charge in [0.25, 0.3) is 0 Å². The molecule has 7 nitrogen and oxygen atoms in total. The van der Waals surface area contributed by atoms with Crippen LogP contribution < -0.4 is 10.1 Å². The molecule has 0 aliphatic rings. The third-order valence-corrected chi connectivity index (χ3v) is 6.53. The van der Waals surface area contributed by atoms with Gasteiger partial charge >= 0.3 is 0 Å². The Kier molecular flexibility index (Phi) is 6.20. The van der Waals surface area contributed by atoms with Crippen molar-refractivity contribution >= 4 is 45.4 Å². The van der Waals surface area contributed by atoms with Crippen molar-refractivity contribution in [3.63, 3.8) is 0 Å². The third-order valence-electron chi connectivity index (χ3n) is 5.46. The smallest absolute Gasteiger partial charge is 0.227 e. The quantitative estimate of drug-likeness (QED) is 0.278. The molecule has 1 amide bonds. The molecule has 0 radical (unpaired) electrons. The second-order valence-electron chi connectivity index (χ2n) is 7.63. The topological polar surface area (TPSA) is 84.8 Å². The molecule has 2 aromatic heterocycles. The van der Waals surface area contributed by atoms with Crippen molar-refractivity contribution in [2.45, 2.75) is 13.0 Å². The Morgan fingerprint density at radius 1 is 1.09 bits per heavy atom. The number of nitrogens with zero attached hydrogens (tertiary/aromatic N) is 3. The van der Waals surface area contributed by atoms with E-state index in [0.717, 1.165) is 28.0 Å². The molecule has 0 aliphatic carbocycles. The van der Waals surface area contributed by atoms with Gasteiger partial charge in [-0.2, -0.15) is 5.10 Å². The Balaban J connectivity index is 1.25. The second kappa shape index (κ2) is 9.58. The van der Waals surface area contributed by atoms with Crippen molar-refractivity contribution < 1.29 is 9.53 Å². The number of amides is 1. The number of aromatic nitrogens is 4. The lowest BCUT2D eigenvalue weighted by Crippen LogP contribution is -2.15. The number of fused-ring (bicyclic) bond motifs is 1. The number of carbonyl (C=O) groups is 1. The van der Waals surface area contributed by atoms with Crippen LogP contribution >= 0.6 is 23.6 Å². The minimum absolute atomic E-state index is 0.136. The Morgan fingerprint density at radius 2 is 1.85 bits per heavy atom. The molecule has 2 N–H and O–H groups in total. The Labute approximate surface area is 205 Å². The normalized spacial score (nSPS) is 11.0. The summed E-state index contributed by atoms with van der Waals surface area (Å²) in [5.41, 5.74) is 2.74. The fraction of sp³-hybridized carbons (Fsp3) is 0.120. The number of carbonyl (C=O) groups excluding carboxylic acids is 1. The van der Waals surface area contributed by atoms with Gasteiger partial charge in [0.1, 0.15) is 5.75 Å². The van der Waals surface area contributed by atoms with E-state index in [0.29, 0.717) is 22.3 Å². The van der Waals surface area contributed by atoms with E-state index in [1.807, 2.05) is 52.4 Å². The van der Waals surface area contributed by atoms with E-state index < -0.39 is 0 Å². The molecule has 0 fully saturated rings. The monoisotopic (exact) mass is 487 g/mol. The highest BCUT2D eigenvalue weighted by molar-refractivity contribution is 7.71. The van der Waals surface area contributed by atoms with Gasteiger partial charge in [-0.15, -0.1) is 11.3 Å². The third kappa shape index (κ3) is 4.61. The number of H-pyrrole nitrogens is 1. The zero-order chi connectivity index (χ0) is 23.5. The van der Waals surface area contributed by atoms with Gasteiger partial charge in [0.15, 0.2) is 15.7 Å². The van der Waals surface area contributed by atoms with Crippen LogP contribution in [0.15, 0.2) is 72.1 Å². The van der Waals surface area contributed by atoms with Gasteiger partial charge in [-0.1, -0.05) is 36.4 Å². The maximum Gasteiger partial charge on any atom is 0.227 e. The van der Waals surface area contributed by atoms with E-state index in [2.05, 4.69) is 44.8 Å². The minimum atomic E-state index is -0.136. The SMILES string of the molecule is COc1ccc(-c2n[nH]c(=S)n2CCC(=O)Nc2nc(-c3ccc4ccccc4c3)cs2)cc1. The fourth-order valence-corrected chi connectivity index (χ4v) is 4.65. The molecule has 0 unspecified atom stereocenters. The van der Waals surface area contributed by atoms with Gasteiger partial charge in [0.05, 0.1) is 12.8 Å². The fourth-order valence-electron chi connectivity index (χ4n) is 3.69. The summed E-state index contributed by atoms with van der Waals surface area (Å²) in [6, 6.07) is 22.0. The molecule has 3 aromatic carbocycles. The summed E-state index contributed by atoms with van der Waals surface area (Å²) in [6.45, 7) is 0.394. The highest BCUT2D eigenvalue weighted by atomic mass is 32.1. The van der Waals surface area contributed by atoms with Crippen molar-refractivity contribution in [1.82, 2.24) is 19.7 Å². The predicted octanol–water partition coefficient (Wildman–Crippen LogP) is 5.92. The highest BCUT2D eigenvalue weighted by Gasteiger charge is 2.13. The molecule has 0 saturated carbocycles. The van der Waals surface area contributed by atoms with E-state index >= 15 is 0 Å². The lowest BCUT2D eigenvalue weighted by molar-refractivity contribution is -0.116. The van der Waals surface area contributed by atoms with Crippen LogP contribution in [0.5, 0.6) is 5.75 Å². The van der Waals surface area contributed by atoms with Crippen molar-refractivity contribution in [2.24, 2.45) is 0 Å². The average molecular weight is 488 g/mol. The lowest BCUT2D eigenvalue weighted by Gasteiger charge is -2.07. The Bertz CT molecular complexity index is 1520. The molecule has 0 bridgehead atoms. The standard InChI is InChI=1S/C25H21N5O2S2/c1-32-20-10-8-17(9-11-20)23-28-29-25(33)30(23)13-12-22(31)27-24-26-21(15-34-24)19-7-6-16-4-2-3-5-18(16)14-19/h2-11,14-15H,12-13H2,1H3,(H,29,33)(H,26,27,31). The van der Waals surface area contributed by atoms with Crippen molar-refractivity contribution in [3.05, 3.63) is 76.9 Å². The number of benzene rings is 3. The minimum Gasteiger partial charge on any atom is -0.497 e. The molecular weight excluding hydrogens is 466 g/mol. The van der Waals surface area contributed by atoms with E-state index in [1.54, 1.807) is 7.11 Å². The summed E-state index contributed by atoms with van der Waals surface area (Å²) < 4.78 is 7.49. The number of ether oxygens (including phenoxy) is 1. The van der Waals surface area contributed by atoms with E-state index in [1.165, 1.54) is 16.7 Å². The molecular formula is C25H21N5O2S2. The molecule has 5 rings (SSSR count). The molecule has 0 saturated heterocycles. The molecule has 170 valence electrons. The molecule has 2 heterocycles. The first-order chi connectivity index (χ1) is 16.6. The molecule has 9 heteroatoms. The number of methoxy groups -OCH3 is 1.